The molecule has 0 heterocycles. The zero-order chi connectivity index (χ0) is 51.4. The Bertz CT molecular complexity index is 1280. The highest BCUT2D eigenvalue weighted by Crippen LogP contribution is 2.17. The van der Waals surface area contributed by atoms with Crippen LogP contribution in [0.4, 0.5) is 0 Å². The lowest BCUT2D eigenvalue weighted by atomic mass is 10.0. The lowest BCUT2D eigenvalue weighted by Gasteiger charge is -2.18. The van der Waals surface area contributed by atoms with Crippen molar-refractivity contribution in [3.63, 3.8) is 0 Å². The maximum absolute atomic E-state index is 12.8. The minimum absolute atomic E-state index is 0.0676. The van der Waals surface area contributed by atoms with Gasteiger partial charge in [-0.2, -0.15) is 0 Å². The summed E-state index contributed by atoms with van der Waals surface area (Å²) in [5.41, 5.74) is 0. The molecule has 0 aromatic carbocycles. The van der Waals surface area contributed by atoms with Gasteiger partial charge >= 0.3 is 17.9 Å². The molecule has 0 aromatic heterocycles. The lowest BCUT2D eigenvalue weighted by molar-refractivity contribution is -0.167. The fourth-order valence-electron chi connectivity index (χ4n) is 8.94. The molecule has 0 aliphatic rings. The van der Waals surface area contributed by atoms with Gasteiger partial charge in [0, 0.05) is 19.3 Å². The number of hydrogen-bond acceptors (Lipinski definition) is 6. The maximum Gasteiger partial charge on any atom is 0.306 e. The van der Waals surface area contributed by atoms with E-state index in [1.807, 2.05) is 0 Å². The molecule has 6 nitrogen and oxygen atoms in total. The van der Waals surface area contributed by atoms with Crippen molar-refractivity contribution in [2.45, 2.75) is 322 Å². The van der Waals surface area contributed by atoms with Crippen molar-refractivity contribution in [1.82, 2.24) is 0 Å². The van der Waals surface area contributed by atoms with E-state index in [1.54, 1.807) is 0 Å². The van der Waals surface area contributed by atoms with Gasteiger partial charge in [-0.05, 0) is 64.2 Å². The quantitative estimate of drug-likeness (QED) is 0.0261. The van der Waals surface area contributed by atoms with E-state index in [9.17, 15) is 14.4 Å². The first-order chi connectivity index (χ1) is 35.0. The molecule has 0 amide bonds. The van der Waals surface area contributed by atoms with E-state index >= 15 is 0 Å². The van der Waals surface area contributed by atoms with Crippen molar-refractivity contribution in [3.05, 3.63) is 60.8 Å². The third-order valence-corrected chi connectivity index (χ3v) is 13.5. The molecular formula is C65H116O6. The predicted molar refractivity (Wildman–Crippen MR) is 307 cm³/mol. The molecule has 71 heavy (non-hydrogen) atoms. The highest BCUT2D eigenvalue weighted by molar-refractivity contribution is 5.71. The van der Waals surface area contributed by atoms with E-state index in [2.05, 4.69) is 81.5 Å². The highest BCUT2D eigenvalue weighted by atomic mass is 16.6. The van der Waals surface area contributed by atoms with Gasteiger partial charge < -0.3 is 14.2 Å². The average molecular weight is 994 g/mol. The molecule has 0 saturated carbocycles. The minimum atomic E-state index is -0.766. The number of hydrogen-bond donors (Lipinski definition) is 0. The van der Waals surface area contributed by atoms with Crippen molar-refractivity contribution < 1.29 is 28.6 Å². The van der Waals surface area contributed by atoms with E-state index in [1.165, 1.54) is 186 Å². The maximum atomic E-state index is 12.8. The van der Waals surface area contributed by atoms with E-state index in [0.29, 0.717) is 19.3 Å². The van der Waals surface area contributed by atoms with Crippen molar-refractivity contribution >= 4 is 17.9 Å². The summed E-state index contributed by atoms with van der Waals surface area (Å²) >= 11 is 0. The van der Waals surface area contributed by atoms with Crippen molar-refractivity contribution in [2.24, 2.45) is 0 Å². The van der Waals surface area contributed by atoms with Gasteiger partial charge in [0.05, 0.1) is 0 Å². The number of unbranched alkanes of at least 4 members (excludes halogenated alkanes) is 35. The largest absolute Gasteiger partial charge is 0.462 e. The second-order valence-electron chi connectivity index (χ2n) is 20.6. The van der Waals surface area contributed by atoms with Crippen molar-refractivity contribution in [3.8, 4) is 0 Å². The molecule has 0 spiro atoms. The molecule has 0 rings (SSSR count). The molecule has 0 aliphatic heterocycles. The monoisotopic (exact) mass is 993 g/mol. The second-order valence-corrected chi connectivity index (χ2v) is 20.6. The molecule has 6 heteroatoms. The Morgan fingerprint density at radius 1 is 0.296 bits per heavy atom. The first kappa shape index (κ1) is 68.1. The van der Waals surface area contributed by atoms with Crippen molar-refractivity contribution in [2.75, 3.05) is 13.2 Å². The Kier molecular flexibility index (Phi) is 57.2. The fraction of sp³-hybridized carbons (Fsp3) is 0.800. The Balaban J connectivity index is 3.99. The Labute approximate surface area is 440 Å². The van der Waals surface area contributed by atoms with E-state index in [4.69, 9.17) is 14.2 Å². The normalized spacial score (nSPS) is 12.4. The summed E-state index contributed by atoms with van der Waals surface area (Å²) in [6, 6.07) is 0. The fourth-order valence-corrected chi connectivity index (χ4v) is 8.94. The Morgan fingerprint density at radius 3 is 0.859 bits per heavy atom. The number of esters is 3. The van der Waals surface area contributed by atoms with Gasteiger partial charge in [-0.3, -0.25) is 14.4 Å². The molecular weight excluding hydrogens is 877 g/mol. The topological polar surface area (TPSA) is 78.9 Å². The van der Waals surface area contributed by atoms with Crippen LogP contribution in [-0.4, -0.2) is 37.2 Å². The first-order valence-electron chi connectivity index (χ1n) is 30.8. The molecule has 0 radical (unpaired) electrons. The zero-order valence-corrected chi connectivity index (χ0v) is 47.2. The Hall–Kier alpha value is -2.89. The van der Waals surface area contributed by atoms with Gasteiger partial charge in [0.1, 0.15) is 13.2 Å². The number of allylic oxidation sites excluding steroid dienone is 10. The van der Waals surface area contributed by atoms with Gasteiger partial charge in [0.25, 0.3) is 0 Å². The third kappa shape index (κ3) is 57.9. The number of carbonyl (C=O) groups is 3. The summed E-state index contributed by atoms with van der Waals surface area (Å²) in [4.78, 5) is 38.0. The SMILES string of the molecule is CC/C=C\C/C=C\C/C=C\C/C=C\C/C=C\CCCCCCCCCCCCCCCCCCCC(=O)OCC(COC(=O)CCCCCCCCCCC)OC(=O)CCCCCCCCCCCCC. The van der Waals surface area contributed by atoms with Gasteiger partial charge in [0.15, 0.2) is 6.10 Å². The first-order valence-corrected chi connectivity index (χ1v) is 30.8. The van der Waals surface area contributed by atoms with Crippen LogP contribution in [0, 0.1) is 0 Å². The Morgan fingerprint density at radius 2 is 0.549 bits per heavy atom. The van der Waals surface area contributed by atoms with E-state index < -0.39 is 6.10 Å². The van der Waals surface area contributed by atoms with Crippen LogP contribution in [0.1, 0.15) is 316 Å². The van der Waals surface area contributed by atoms with Crippen LogP contribution in [-0.2, 0) is 28.6 Å². The molecule has 1 unspecified atom stereocenters. The van der Waals surface area contributed by atoms with E-state index in [-0.39, 0.29) is 31.1 Å². The average Bonchev–Trinajstić information content (AvgIpc) is 3.37. The minimum Gasteiger partial charge on any atom is -0.462 e. The summed E-state index contributed by atoms with van der Waals surface area (Å²) in [7, 11) is 0. The van der Waals surface area contributed by atoms with Crippen LogP contribution in [0.15, 0.2) is 60.8 Å². The molecule has 412 valence electrons. The third-order valence-electron chi connectivity index (χ3n) is 13.5. The molecule has 1 atom stereocenters. The smallest absolute Gasteiger partial charge is 0.306 e. The molecule has 0 aromatic rings. The molecule has 0 bridgehead atoms. The number of carbonyl (C=O) groups excluding carboxylic acids is 3. The molecule has 0 saturated heterocycles. The van der Waals surface area contributed by atoms with Crippen LogP contribution in [0.5, 0.6) is 0 Å². The number of rotatable bonds is 56. The lowest BCUT2D eigenvalue weighted by Crippen LogP contribution is -2.30. The van der Waals surface area contributed by atoms with Crippen LogP contribution in [0.25, 0.3) is 0 Å². The standard InChI is InChI=1S/C65H116O6/c1-4-7-10-13-16-19-21-22-23-24-25-26-27-28-29-30-31-32-33-34-35-36-37-38-39-40-41-42-44-46-49-52-55-58-64(67)70-61-62(60-69-63(66)57-54-51-48-45-18-15-12-9-6-3)71-65(68)59-56-53-50-47-43-20-17-14-11-8-5-2/h7,10,16,19,22-23,25-26,28-29,62H,4-6,8-9,11-15,17-18,20-21,24,27,30-61H2,1-3H3/b10-7-,19-16-,23-22-,26-25-,29-28-. The zero-order valence-electron chi connectivity index (χ0n) is 47.2. The molecule has 0 aliphatic carbocycles. The summed E-state index contributed by atoms with van der Waals surface area (Å²) < 4.78 is 16.8. The summed E-state index contributed by atoms with van der Waals surface area (Å²) in [6.45, 7) is 6.53. The van der Waals surface area contributed by atoms with Gasteiger partial charge in [-0.15, -0.1) is 0 Å². The molecule has 0 fully saturated rings. The van der Waals surface area contributed by atoms with Crippen LogP contribution < -0.4 is 0 Å². The van der Waals surface area contributed by atoms with Crippen LogP contribution in [0.3, 0.4) is 0 Å². The molecule has 0 N–H and O–H groups in total. The highest BCUT2D eigenvalue weighted by Gasteiger charge is 2.19. The van der Waals surface area contributed by atoms with Crippen molar-refractivity contribution in [1.29, 1.82) is 0 Å². The second kappa shape index (κ2) is 59.7. The van der Waals surface area contributed by atoms with Crippen LogP contribution >= 0.6 is 0 Å². The summed E-state index contributed by atoms with van der Waals surface area (Å²) in [6.07, 6.45) is 75.4. The van der Waals surface area contributed by atoms with E-state index in [0.717, 1.165) is 89.9 Å². The summed E-state index contributed by atoms with van der Waals surface area (Å²) in [5.74, 6) is -0.856. The van der Waals surface area contributed by atoms with Gasteiger partial charge in [-0.25, -0.2) is 0 Å². The summed E-state index contributed by atoms with van der Waals surface area (Å²) in [5, 5.41) is 0. The predicted octanol–water partition coefficient (Wildman–Crippen LogP) is 20.8. The van der Waals surface area contributed by atoms with Gasteiger partial charge in [0.2, 0.25) is 0 Å². The number of ether oxygens (including phenoxy) is 3. The van der Waals surface area contributed by atoms with Gasteiger partial charge in [-0.1, -0.05) is 293 Å². The van der Waals surface area contributed by atoms with Crippen LogP contribution in [0.2, 0.25) is 0 Å².